The Labute approximate surface area is 446 Å². The van der Waals surface area contributed by atoms with Gasteiger partial charge in [0.1, 0.15) is 24.0 Å². The van der Waals surface area contributed by atoms with Gasteiger partial charge in [-0.3, -0.25) is 4.57 Å². The Kier molecular flexibility index (Phi) is 11.0. The molecule has 11 aromatic rings. The highest BCUT2D eigenvalue weighted by atomic mass is 28.3. The van der Waals surface area contributed by atoms with E-state index in [2.05, 4.69) is 251 Å². The summed E-state index contributed by atoms with van der Waals surface area (Å²) in [6.07, 6.45) is 0.384. The quantitative estimate of drug-likeness (QED) is 0.142. The summed E-state index contributed by atoms with van der Waals surface area (Å²) in [5.74, 6) is 2.21. The van der Waals surface area contributed by atoms with Crippen molar-refractivity contribution in [3.63, 3.8) is 0 Å². The zero-order valence-corrected chi connectivity index (χ0v) is 46.3. The van der Waals surface area contributed by atoms with Crippen LogP contribution in [-0.4, -0.2) is 22.2 Å². The van der Waals surface area contributed by atoms with Crippen molar-refractivity contribution < 1.29 is 7.48 Å². The summed E-state index contributed by atoms with van der Waals surface area (Å²) in [6, 6.07) is 64.0. The Morgan fingerprint density at radius 3 is 1.84 bits per heavy atom. The second kappa shape index (κ2) is 18.0. The Hall–Kier alpha value is -7.67. The van der Waals surface area contributed by atoms with Gasteiger partial charge in [-0.2, -0.15) is 0 Å². The van der Waals surface area contributed by atoms with E-state index in [1.54, 1.807) is 0 Å². The molecule has 4 heterocycles. The predicted molar refractivity (Wildman–Crippen MR) is 324 cm³/mol. The highest BCUT2D eigenvalue weighted by Crippen LogP contribution is 2.46. The number of hydrogen-bond acceptors (Lipinski definition) is 3. The van der Waals surface area contributed by atoms with Crippen LogP contribution in [0, 0.1) is 5.92 Å². The number of benzene rings is 8. The summed E-state index contributed by atoms with van der Waals surface area (Å²) in [5.41, 5.74) is 11.4. The van der Waals surface area contributed by atoms with E-state index in [1.807, 2.05) is 20.0 Å². The van der Waals surface area contributed by atoms with Crippen LogP contribution in [0.15, 0.2) is 182 Å². The highest BCUT2D eigenvalue weighted by molar-refractivity contribution is 6.88. The maximum atomic E-state index is 9.45. The van der Waals surface area contributed by atoms with Gasteiger partial charge in [0.25, 0.3) is 0 Å². The maximum absolute atomic E-state index is 9.45. The van der Waals surface area contributed by atoms with Crippen LogP contribution in [0.1, 0.15) is 74.8 Å². The molecule has 8 aromatic carbocycles. The van der Waals surface area contributed by atoms with Crippen molar-refractivity contribution in [3.8, 4) is 28.4 Å². The van der Waals surface area contributed by atoms with Gasteiger partial charge in [0.2, 0.25) is 0 Å². The van der Waals surface area contributed by atoms with Crippen LogP contribution in [0.4, 0.5) is 11.4 Å². The van der Waals surface area contributed by atoms with Crippen LogP contribution in [-0.2, 0) is 23.9 Å². The number of rotatable bonds is 8. The first-order chi connectivity index (χ1) is 36.6. The fourth-order valence-electron chi connectivity index (χ4n) is 11.4. The lowest BCUT2D eigenvalue weighted by molar-refractivity contribution is 0.483. The van der Waals surface area contributed by atoms with Gasteiger partial charge >= 0.3 is 0 Å². The zero-order chi connectivity index (χ0) is 53.9. The zero-order valence-electron chi connectivity index (χ0n) is 47.3. The Morgan fingerprint density at radius 2 is 1.17 bits per heavy atom. The van der Waals surface area contributed by atoms with Crippen LogP contribution in [0.2, 0.25) is 19.6 Å². The van der Waals surface area contributed by atoms with Crippen molar-refractivity contribution in [2.45, 2.75) is 98.9 Å². The fraction of sp³-hybridized carbons (Fsp3) is 0.232. The van der Waals surface area contributed by atoms with Gasteiger partial charge in [-0.15, -0.1) is 0 Å². The van der Waals surface area contributed by atoms with Crippen molar-refractivity contribution in [1.82, 2.24) is 14.1 Å². The minimum atomic E-state index is -1.95. The second-order valence-corrected chi connectivity index (χ2v) is 29.1. The third kappa shape index (κ3) is 8.63. The van der Waals surface area contributed by atoms with Crippen molar-refractivity contribution >= 4 is 89.8 Å². The van der Waals surface area contributed by atoms with Crippen LogP contribution in [0.3, 0.4) is 0 Å². The van der Waals surface area contributed by atoms with Crippen molar-refractivity contribution in [3.05, 3.63) is 199 Å². The average Bonchev–Trinajstić information content (AvgIpc) is 4.00. The highest BCUT2D eigenvalue weighted by Gasteiger charge is 2.29. The van der Waals surface area contributed by atoms with E-state index in [1.165, 1.54) is 32.3 Å². The minimum Gasteiger partial charge on any atom is -0.457 e. The first-order valence-corrected chi connectivity index (χ1v) is 30.2. The molecule has 0 fully saturated rings. The van der Waals surface area contributed by atoms with Gasteiger partial charge in [-0.25, -0.2) is 4.98 Å². The van der Waals surface area contributed by atoms with E-state index in [9.17, 15) is 2.74 Å². The van der Waals surface area contributed by atoms with E-state index in [4.69, 9.17) is 9.72 Å². The van der Waals surface area contributed by atoms with Crippen molar-refractivity contribution in [2.75, 3.05) is 4.90 Å². The number of nitrogens with zero attached hydrogens (tertiary/aromatic N) is 4. The summed E-state index contributed by atoms with van der Waals surface area (Å²) < 4.78 is 30.9. The third-order valence-corrected chi connectivity index (χ3v) is 17.3. The van der Waals surface area contributed by atoms with Crippen LogP contribution in [0.5, 0.6) is 11.5 Å². The summed E-state index contributed by atoms with van der Waals surface area (Å²) >= 11 is 0. The SMILES string of the molecule is [2H]C([2H])(c1cc(-c2cccc3c4ccccc4c4ccccc4c4cccc5c4n(c23)CN5c2cc(Oc3ccc4c5ccccc5n(-c5cc(C(C)(C)C)ccn5)c4c3)cc([Si](C)(C)C)c2)cc(C(C)(C)C)c1)C(C)C. The lowest BCUT2D eigenvalue weighted by Gasteiger charge is -2.25. The Balaban J connectivity index is 1.10. The largest absolute Gasteiger partial charge is 0.457 e. The standard InChI is InChI=1S/C69H68N4OSi/c1-44(2)34-45-35-46(37-48(36-45)69(6,7)8)53-25-18-26-60-56-22-14-12-20-54(56)55-21-13-15-23-57(55)61-27-19-29-63-67(61)72(66(53)60)43-71(63)49-39-51(41-52(40-49)75(9,10)11)74-50-30-31-59-58-24-16-17-28-62(58)73(64(59)42-50)65-38-47(32-33-70-65)68(3,4)5/h12-33,35-42,44H,34,43H2,1-11H3/i34D2. The molecule has 12 rings (SSSR count). The molecule has 0 bridgehead atoms. The number of anilines is 2. The summed E-state index contributed by atoms with van der Waals surface area (Å²) in [7, 11) is -1.95. The molecule has 0 radical (unpaired) electrons. The summed E-state index contributed by atoms with van der Waals surface area (Å²) in [6.45, 7) is 25.1. The molecular weight excluding hydrogens is 929 g/mol. The van der Waals surface area contributed by atoms with Gasteiger partial charge in [-0.05, 0) is 115 Å². The number of hydrogen-bond donors (Lipinski definition) is 0. The molecule has 1 aliphatic heterocycles. The third-order valence-electron chi connectivity index (χ3n) is 15.2. The van der Waals surface area contributed by atoms with Gasteiger partial charge < -0.3 is 14.2 Å². The monoisotopic (exact) mass is 999 g/mol. The molecule has 0 unspecified atom stereocenters. The summed E-state index contributed by atoms with van der Waals surface area (Å²) in [4.78, 5) is 7.44. The van der Waals surface area contributed by atoms with Gasteiger partial charge in [-0.1, -0.05) is 195 Å². The Morgan fingerprint density at radius 1 is 0.560 bits per heavy atom. The smallest absolute Gasteiger partial charge is 0.137 e. The van der Waals surface area contributed by atoms with Crippen molar-refractivity contribution in [2.24, 2.45) is 5.92 Å². The van der Waals surface area contributed by atoms with E-state index in [-0.39, 0.29) is 16.7 Å². The fourth-order valence-corrected chi connectivity index (χ4v) is 12.6. The molecule has 1 aliphatic rings. The molecule has 5 nitrogen and oxygen atoms in total. The normalized spacial score (nSPS) is 13.7. The van der Waals surface area contributed by atoms with Crippen LogP contribution in [0.25, 0.3) is 82.1 Å². The predicted octanol–water partition coefficient (Wildman–Crippen LogP) is 18.6. The maximum Gasteiger partial charge on any atom is 0.137 e. The van der Waals surface area contributed by atoms with E-state index in [0.29, 0.717) is 12.2 Å². The van der Waals surface area contributed by atoms with E-state index < -0.39 is 14.4 Å². The molecule has 0 N–H and O–H groups in total. The minimum absolute atomic E-state index is 0.0381. The van der Waals surface area contributed by atoms with E-state index >= 15 is 0 Å². The number of aromatic nitrogens is 3. The molecule has 0 saturated carbocycles. The van der Waals surface area contributed by atoms with Crippen LogP contribution < -0.4 is 14.8 Å². The summed E-state index contributed by atoms with van der Waals surface area (Å²) in [5, 5.41) is 10.6. The molecule has 374 valence electrons. The number of para-hydroxylation sites is 3. The molecule has 75 heavy (non-hydrogen) atoms. The molecule has 3 aromatic heterocycles. The number of pyridine rings is 1. The van der Waals surface area contributed by atoms with Crippen molar-refractivity contribution in [1.29, 1.82) is 0 Å². The second-order valence-electron chi connectivity index (χ2n) is 24.1. The average molecular weight is 999 g/mol. The van der Waals surface area contributed by atoms with Gasteiger partial charge in [0.05, 0.1) is 35.8 Å². The lowest BCUT2D eigenvalue weighted by Crippen LogP contribution is -2.38. The topological polar surface area (TPSA) is 35.2 Å². The molecule has 6 heteroatoms. The molecule has 0 amide bonds. The number of fused-ring (bicyclic) bond motifs is 10. The number of ether oxygens (including phenoxy) is 1. The molecule has 0 atom stereocenters. The molecule has 0 saturated heterocycles. The molecule has 0 spiro atoms. The van der Waals surface area contributed by atoms with Gasteiger partial charge in [0.15, 0.2) is 0 Å². The lowest BCUT2D eigenvalue weighted by atomic mass is 9.83. The molecule has 0 aliphatic carbocycles. The Bertz CT molecular complexity index is 4260. The molecular formula is C69H68N4OSi. The van der Waals surface area contributed by atoms with Gasteiger partial charge in [0, 0.05) is 53.9 Å². The van der Waals surface area contributed by atoms with E-state index in [0.717, 1.165) is 89.0 Å². The van der Waals surface area contributed by atoms with Crippen LogP contribution >= 0.6 is 0 Å². The first kappa shape index (κ1) is 45.9. The first-order valence-electron chi connectivity index (χ1n) is 27.7.